The Morgan fingerprint density at radius 3 is 2.62 bits per heavy atom. The average molecular weight is 321 g/mol. The van der Waals surface area contributed by atoms with Crippen LogP contribution >= 0.6 is 0 Å². The summed E-state index contributed by atoms with van der Waals surface area (Å²) in [6.45, 7) is 6.46. The summed E-state index contributed by atoms with van der Waals surface area (Å²) in [5.41, 5.74) is 5.87. The molecule has 3 aromatic rings. The SMILES string of the molecule is CCOC(=O)C[C@H](c1ccccc1)c1c[nH]c2c(C)cc(C)cc12. The van der Waals surface area contributed by atoms with Crippen molar-refractivity contribution in [1.82, 2.24) is 4.98 Å². The van der Waals surface area contributed by atoms with E-state index in [4.69, 9.17) is 4.74 Å². The molecule has 24 heavy (non-hydrogen) atoms. The van der Waals surface area contributed by atoms with Gasteiger partial charge in [0.25, 0.3) is 0 Å². The van der Waals surface area contributed by atoms with E-state index in [-0.39, 0.29) is 11.9 Å². The fourth-order valence-electron chi connectivity index (χ4n) is 3.38. The number of aromatic amines is 1. The molecule has 0 aliphatic rings. The summed E-state index contributed by atoms with van der Waals surface area (Å²) < 4.78 is 5.20. The van der Waals surface area contributed by atoms with Crippen molar-refractivity contribution in [3.63, 3.8) is 0 Å². The number of ether oxygens (including phenoxy) is 1. The van der Waals surface area contributed by atoms with Gasteiger partial charge in [0.2, 0.25) is 0 Å². The summed E-state index contributed by atoms with van der Waals surface area (Å²) in [6, 6.07) is 14.5. The van der Waals surface area contributed by atoms with Gasteiger partial charge in [-0.15, -0.1) is 0 Å². The van der Waals surface area contributed by atoms with E-state index in [1.54, 1.807) is 0 Å². The summed E-state index contributed by atoms with van der Waals surface area (Å²) >= 11 is 0. The van der Waals surface area contributed by atoms with Crippen LogP contribution < -0.4 is 0 Å². The number of H-pyrrole nitrogens is 1. The number of rotatable bonds is 5. The van der Waals surface area contributed by atoms with Crippen LogP contribution in [0.25, 0.3) is 10.9 Å². The van der Waals surface area contributed by atoms with Crippen LogP contribution in [0.5, 0.6) is 0 Å². The van der Waals surface area contributed by atoms with Gasteiger partial charge in [0, 0.05) is 23.0 Å². The van der Waals surface area contributed by atoms with E-state index in [0.29, 0.717) is 13.0 Å². The van der Waals surface area contributed by atoms with E-state index in [1.807, 2.05) is 31.3 Å². The lowest BCUT2D eigenvalue weighted by Gasteiger charge is -2.17. The molecule has 1 aromatic heterocycles. The maximum absolute atomic E-state index is 12.2. The zero-order valence-corrected chi connectivity index (χ0v) is 14.4. The minimum Gasteiger partial charge on any atom is -0.466 e. The van der Waals surface area contributed by atoms with Gasteiger partial charge in [-0.05, 0) is 43.5 Å². The van der Waals surface area contributed by atoms with Crippen LogP contribution in [0.4, 0.5) is 0 Å². The largest absolute Gasteiger partial charge is 0.466 e. The number of carbonyl (C=O) groups is 1. The van der Waals surface area contributed by atoms with Crippen LogP contribution in [-0.2, 0) is 9.53 Å². The molecule has 0 bridgehead atoms. The maximum atomic E-state index is 12.2. The molecule has 3 heteroatoms. The van der Waals surface area contributed by atoms with Crippen LogP contribution in [0.15, 0.2) is 48.7 Å². The van der Waals surface area contributed by atoms with E-state index in [1.165, 1.54) is 16.5 Å². The first-order chi connectivity index (χ1) is 11.6. The number of hydrogen-bond donors (Lipinski definition) is 1. The van der Waals surface area contributed by atoms with Crippen molar-refractivity contribution in [3.05, 3.63) is 70.9 Å². The van der Waals surface area contributed by atoms with Crippen molar-refractivity contribution in [2.45, 2.75) is 33.1 Å². The van der Waals surface area contributed by atoms with E-state index >= 15 is 0 Å². The third-order valence-corrected chi connectivity index (χ3v) is 4.42. The topological polar surface area (TPSA) is 42.1 Å². The Morgan fingerprint density at radius 2 is 1.92 bits per heavy atom. The first-order valence-electron chi connectivity index (χ1n) is 8.39. The Balaban J connectivity index is 2.10. The molecule has 0 saturated heterocycles. The van der Waals surface area contributed by atoms with Gasteiger partial charge in [0.15, 0.2) is 0 Å². The maximum Gasteiger partial charge on any atom is 0.306 e. The molecular formula is C21H23NO2. The molecule has 3 rings (SSSR count). The minimum absolute atomic E-state index is 0.0137. The van der Waals surface area contributed by atoms with Crippen LogP contribution in [0.2, 0.25) is 0 Å². The van der Waals surface area contributed by atoms with Crippen molar-refractivity contribution in [3.8, 4) is 0 Å². The summed E-state index contributed by atoms with van der Waals surface area (Å²) in [6.07, 6.45) is 2.38. The van der Waals surface area contributed by atoms with Gasteiger partial charge < -0.3 is 9.72 Å². The molecule has 0 amide bonds. The highest BCUT2D eigenvalue weighted by Crippen LogP contribution is 2.35. The fourth-order valence-corrected chi connectivity index (χ4v) is 3.38. The molecule has 0 saturated carbocycles. The predicted molar refractivity (Wildman–Crippen MR) is 97.3 cm³/mol. The van der Waals surface area contributed by atoms with Gasteiger partial charge in [-0.25, -0.2) is 0 Å². The van der Waals surface area contributed by atoms with Gasteiger partial charge in [0.1, 0.15) is 0 Å². The molecular weight excluding hydrogens is 298 g/mol. The van der Waals surface area contributed by atoms with Gasteiger partial charge >= 0.3 is 5.97 Å². The third kappa shape index (κ3) is 3.21. The van der Waals surface area contributed by atoms with Crippen molar-refractivity contribution in [2.24, 2.45) is 0 Å². The first kappa shape index (κ1) is 16.3. The lowest BCUT2D eigenvalue weighted by molar-refractivity contribution is -0.143. The molecule has 0 aliphatic carbocycles. The molecule has 0 radical (unpaired) electrons. The van der Waals surface area contributed by atoms with Gasteiger partial charge in [-0.3, -0.25) is 4.79 Å². The number of carbonyl (C=O) groups excluding carboxylic acids is 1. The highest BCUT2D eigenvalue weighted by atomic mass is 16.5. The monoisotopic (exact) mass is 321 g/mol. The van der Waals surface area contributed by atoms with Crippen molar-refractivity contribution < 1.29 is 9.53 Å². The number of benzene rings is 2. The molecule has 0 unspecified atom stereocenters. The van der Waals surface area contributed by atoms with Gasteiger partial charge in [-0.1, -0.05) is 42.0 Å². The Labute approximate surface area is 142 Å². The average Bonchev–Trinajstić information content (AvgIpc) is 2.97. The van der Waals surface area contributed by atoms with E-state index < -0.39 is 0 Å². The highest BCUT2D eigenvalue weighted by molar-refractivity contribution is 5.88. The lowest BCUT2D eigenvalue weighted by Crippen LogP contribution is -2.11. The number of nitrogens with one attached hydrogen (secondary N) is 1. The number of aromatic nitrogens is 1. The normalized spacial score (nSPS) is 12.3. The van der Waals surface area contributed by atoms with Crippen molar-refractivity contribution in [2.75, 3.05) is 6.61 Å². The van der Waals surface area contributed by atoms with Crippen LogP contribution in [-0.4, -0.2) is 17.6 Å². The Morgan fingerprint density at radius 1 is 1.17 bits per heavy atom. The molecule has 0 fully saturated rings. The fraction of sp³-hybridized carbons (Fsp3) is 0.286. The van der Waals surface area contributed by atoms with E-state index in [0.717, 1.165) is 16.6 Å². The summed E-state index contributed by atoms with van der Waals surface area (Å²) in [5.74, 6) is -0.176. The summed E-state index contributed by atoms with van der Waals surface area (Å²) in [7, 11) is 0. The Kier molecular flexibility index (Phi) is 4.70. The smallest absolute Gasteiger partial charge is 0.306 e. The van der Waals surface area contributed by atoms with Gasteiger partial charge in [-0.2, -0.15) is 0 Å². The molecule has 1 N–H and O–H groups in total. The second-order valence-corrected chi connectivity index (χ2v) is 6.22. The van der Waals surface area contributed by atoms with Gasteiger partial charge in [0.05, 0.1) is 13.0 Å². The van der Waals surface area contributed by atoms with Crippen LogP contribution in [0, 0.1) is 13.8 Å². The Bertz CT molecular complexity index is 849. The second-order valence-electron chi connectivity index (χ2n) is 6.22. The zero-order valence-electron chi connectivity index (χ0n) is 14.4. The second kappa shape index (κ2) is 6.91. The summed E-state index contributed by atoms with van der Waals surface area (Å²) in [5, 5.41) is 1.19. The highest BCUT2D eigenvalue weighted by Gasteiger charge is 2.22. The Hall–Kier alpha value is -2.55. The first-order valence-corrected chi connectivity index (χ1v) is 8.39. The molecule has 3 nitrogen and oxygen atoms in total. The number of esters is 1. The molecule has 1 heterocycles. The third-order valence-electron chi connectivity index (χ3n) is 4.42. The van der Waals surface area contributed by atoms with E-state index in [9.17, 15) is 4.79 Å². The molecule has 0 spiro atoms. The quantitative estimate of drug-likeness (QED) is 0.681. The van der Waals surface area contributed by atoms with E-state index in [2.05, 4.69) is 43.1 Å². The number of hydrogen-bond acceptors (Lipinski definition) is 2. The molecule has 2 aromatic carbocycles. The van der Waals surface area contributed by atoms with Crippen molar-refractivity contribution >= 4 is 16.9 Å². The zero-order chi connectivity index (χ0) is 17.1. The molecule has 1 atom stereocenters. The lowest BCUT2D eigenvalue weighted by atomic mass is 9.87. The minimum atomic E-state index is -0.162. The number of aryl methyl sites for hydroxylation is 2. The van der Waals surface area contributed by atoms with Crippen LogP contribution in [0.3, 0.4) is 0 Å². The predicted octanol–water partition coefficient (Wildman–Crippen LogP) is 4.87. The standard InChI is InChI=1S/C21H23NO2/c1-4-24-20(23)12-17(16-8-6-5-7-9-16)19-13-22-21-15(3)10-14(2)11-18(19)21/h5-11,13,17,22H,4,12H2,1-3H3/t17-/m1/s1. The molecule has 124 valence electrons. The van der Waals surface area contributed by atoms with Crippen molar-refractivity contribution in [1.29, 1.82) is 0 Å². The molecule has 0 aliphatic heterocycles. The van der Waals surface area contributed by atoms with Crippen LogP contribution in [0.1, 0.15) is 41.5 Å². The summed E-state index contributed by atoms with van der Waals surface area (Å²) in [4.78, 5) is 15.5. The number of fused-ring (bicyclic) bond motifs is 1.